The molecule has 0 radical (unpaired) electrons. The van der Waals surface area contributed by atoms with Gasteiger partial charge in [-0.3, -0.25) is 9.78 Å². The summed E-state index contributed by atoms with van der Waals surface area (Å²) in [7, 11) is -3.76. The lowest BCUT2D eigenvalue weighted by Gasteiger charge is -2.33. The van der Waals surface area contributed by atoms with Crippen molar-refractivity contribution in [2.75, 3.05) is 26.2 Å². The molecule has 5 rings (SSSR count). The monoisotopic (exact) mass is 490 g/mol. The van der Waals surface area contributed by atoms with Crippen LogP contribution in [0.2, 0.25) is 0 Å². The van der Waals surface area contributed by atoms with Gasteiger partial charge in [0.15, 0.2) is 5.69 Å². The van der Waals surface area contributed by atoms with Crippen LogP contribution in [0.25, 0.3) is 16.6 Å². The van der Waals surface area contributed by atoms with Crippen LogP contribution in [0.3, 0.4) is 0 Å². The van der Waals surface area contributed by atoms with E-state index < -0.39 is 10.0 Å². The van der Waals surface area contributed by atoms with Crippen LogP contribution in [0, 0.1) is 20.8 Å². The molecule has 1 aliphatic rings. The van der Waals surface area contributed by atoms with Gasteiger partial charge in [-0.15, -0.1) is 5.10 Å². The minimum Gasteiger partial charge on any atom is -0.335 e. The summed E-state index contributed by atoms with van der Waals surface area (Å²) in [5.74, 6) is -0.249. The molecule has 2 aromatic carbocycles. The molecule has 0 spiro atoms. The van der Waals surface area contributed by atoms with Gasteiger partial charge in [0.2, 0.25) is 10.0 Å². The summed E-state index contributed by atoms with van der Waals surface area (Å²) in [6.07, 6.45) is 1.67. The quantitative estimate of drug-likeness (QED) is 0.436. The molecule has 0 aliphatic carbocycles. The fourth-order valence-electron chi connectivity index (χ4n) is 4.40. The Morgan fingerprint density at radius 2 is 1.66 bits per heavy atom. The molecule has 180 valence electrons. The number of fused-ring (bicyclic) bond motifs is 1. The maximum Gasteiger partial charge on any atom is 0.276 e. The SMILES string of the molecule is Cc1cccc(-n2nnc(C(=O)N3CCN(S(=O)(=O)c4cccc5cc(C)cnc45)CC3)c2C)c1. The molecule has 1 fully saturated rings. The molecule has 2 aromatic heterocycles. The lowest BCUT2D eigenvalue weighted by molar-refractivity contribution is 0.0691. The number of hydrogen-bond acceptors (Lipinski definition) is 6. The number of aryl methyl sites for hydroxylation is 2. The molecule has 0 bridgehead atoms. The molecule has 9 nitrogen and oxygen atoms in total. The van der Waals surface area contributed by atoms with Crippen LogP contribution in [-0.2, 0) is 10.0 Å². The number of piperazine rings is 1. The Bertz CT molecular complexity index is 1540. The molecular formula is C25H26N6O3S. The van der Waals surface area contributed by atoms with E-state index in [1.807, 2.05) is 57.2 Å². The minimum atomic E-state index is -3.76. The highest BCUT2D eigenvalue weighted by atomic mass is 32.2. The smallest absolute Gasteiger partial charge is 0.276 e. The Morgan fingerprint density at radius 1 is 0.914 bits per heavy atom. The zero-order chi connectivity index (χ0) is 24.7. The van der Waals surface area contributed by atoms with Gasteiger partial charge in [0.05, 0.1) is 16.9 Å². The number of carbonyl (C=O) groups is 1. The first kappa shape index (κ1) is 23.1. The Morgan fingerprint density at radius 3 is 2.40 bits per heavy atom. The fraction of sp³-hybridized carbons (Fsp3) is 0.280. The molecular weight excluding hydrogens is 464 g/mol. The molecule has 4 aromatic rings. The summed E-state index contributed by atoms with van der Waals surface area (Å²) in [5.41, 5.74) is 4.26. The van der Waals surface area contributed by atoms with Gasteiger partial charge in [0, 0.05) is 37.8 Å². The third-order valence-corrected chi connectivity index (χ3v) is 8.23. The van der Waals surface area contributed by atoms with Crippen molar-refractivity contribution in [3.05, 3.63) is 77.2 Å². The van der Waals surface area contributed by atoms with Crippen LogP contribution in [0.1, 0.15) is 27.3 Å². The largest absolute Gasteiger partial charge is 0.335 e. The number of sulfonamides is 1. The molecule has 1 saturated heterocycles. The highest BCUT2D eigenvalue weighted by molar-refractivity contribution is 7.89. The third kappa shape index (κ3) is 4.19. The normalized spacial score (nSPS) is 15.0. The summed E-state index contributed by atoms with van der Waals surface area (Å²) in [6, 6.07) is 14.9. The third-order valence-electron chi connectivity index (χ3n) is 6.30. The van der Waals surface area contributed by atoms with E-state index >= 15 is 0 Å². The van der Waals surface area contributed by atoms with Gasteiger partial charge in [-0.05, 0) is 56.2 Å². The number of amides is 1. The second-order valence-electron chi connectivity index (χ2n) is 8.81. The van der Waals surface area contributed by atoms with Crippen molar-refractivity contribution in [2.45, 2.75) is 25.7 Å². The van der Waals surface area contributed by atoms with E-state index in [1.54, 1.807) is 27.9 Å². The van der Waals surface area contributed by atoms with Gasteiger partial charge < -0.3 is 4.90 Å². The van der Waals surface area contributed by atoms with Gasteiger partial charge in [-0.25, -0.2) is 13.1 Å². The van der Waals surface area contributed by atoms with Gasteiger partial charge in [-0.2, -0.15) is 4.31 Å². The topological polar surface area (TPSA) is 101 Å². The van der Waals surface area contributed by atoms with Crippen molar-refractivity contribution >= 4 is 26.8 Å². The first-order valence-corrected chi connectivity index (χ1v) is 12.8. The Hall–Kier alpha value is -3.63. The van der Waals surface area contributed by atoms with Crippen molar-refractivity contribution in [1.82, 2.24) is 29.2 Å². The average molecular weight is 491 g/mol. The number of rotatable bonds is 4. The van der Waals surface area contributed by atoms with E-state index in [2.05, 4.69) is 15.3 Å². The van der Waals surface area contributed by atoms with Crippen LogP contribution in [0.15, 0.2) is 59.6 Å². The second-order valence-corrected chi connectivity index (χ2v) is 10.7. The number of pyridine rings is 1. The minimum absolute atomic E-state index is 0.187. The number of para-hydroxylation sites is 1. The molecule has 35 heavy (non-hydrogen) atoms. The van der Waals surface area contributed by atoms with Crippen molar-refractivity contribution in [1.29, 1.82) is 0 Å². The fourth-order valence-corrected chi connectivity index (χ4v) is 5.99. The summed E-state index contributed by atoms with van der Waals surface area (Å²) in [4.78, 5) is 19.4. The van der Waals surface area contributed by atoms with Crippen molar-refractivity contribution in [3.8, 4) is 5.69 Å². The maximum atomic E-state index is 13.4. The Kier molecular flexibility index (Phi) is 5.86. The summed E-state index contributed by atoms with van der Waals surface area (Å²) >= 11 is 0. The molecule has 1 aliphatic heterocycles. The van der Waals surface area contributed by atoms with Gasteiger partial charge in [0.25, 0.3) is 5.91 Å². The van der Waals surface area contributed by atoms with Crippen molar-refractivity contribution in [3.63, 3.8) is 0 Å². The molecule has 0 saturated carbocycles. The van der Waals surface area contributed by atoms with Crippen LogP contribution < -0.4 is 0 Å². The van der Waals surface area contributed by atoms with E-state index in [9.17, 15) is 13.2 Å². The number of carbonyl (C=O) groups excluding carboxylic acids is 1. The second kappa shape index (κ2) is 8.86. The zero-order valence-electron chi connectivity index (χ0n) is 19.8. The van der Waals surface area contributed by atoms with Gasteiger partial charge in [0.1, 0.15) is 4.90 Å². The lowest BCUT2D eigenvalue weighted by atomic mass is 10.2. The molecule has 3 heterocycles. The number of hydrogen-bond donors (Lipinski definition) is 0. The van der Waals surface area contributed by atoms with E-state index in [1.165, 1.54) is 4.31 Å². The average Bonchev–Trinajstić information content (AvgIpc) is 3.24. The molecule has 1 amide bonds. The number of aromatic nitrogens is 4. The standard InChI is InChI=1S/C25H26N6O3S/c1-17-6-4-8-21(15-17)31-19(3)23(27-28-31)25(32)29-10-12-30(13-11-29)35(33,34)22-9-5-7-20-14-18(2)16-26-24(20)22/h4-9,14-16H,10-13H2,1-3H3. The van der Waals surface area contributed by atoms with Crippen LogP contribution >= 0.6 is 0 Å². The van der Waals surface area contributed by atoms with Crippen LogP contribution in [-0.4, -0.2) is 69.7 Å². The molecule has 0 atom stereocenters. The first-order valence-electron chi connectivity index (χ1n) is 11.4. The molecule has 0 N–H and O–H groups in total. The molecule has 0 unspecified atom stereocenters. The van der Waals surface area contributed by atoms with Gasteiger partial charge >= 0.3 is 0 Å². The predicted octanol–water partition coefficient (Wildman–Crippen LogP) is 2.89. The van der Waals surface area contributed by atoms with E-state index in [-0.39, 0.29) is 42.7 Å². The predicted molar refractivity (Wildman–Crippen MR) is 132 cm³/mol. The summed E-state index contributed by atoms with van der Waals surface area (Å²) < 4.78 is 29.9. The van der Waals surface area contributed by atoms with E-state index in [4.69, 9.17) is 0 Å². The van der Waals surface area contributed by atoms with Crippen molar-refractivity contribution in [2.24, 2.45) is 0 Å². The van der Waals surface area contributed by atoms with Gasteiger partial charge in [-0.1, -0.05) is 29.5 Å². The number of nitrogens with zero attached hydrogens (tertiary/aromatic N) is 6. The Balaban J connectivity index is 1.33. The van der Waals surface area contributed by atoms with Crippen molar-refractivity contribution < 1.29 is 13.2 Å². The van der Waals surface area contributed by atoms with Crippen LogP contribution in [0.5, 0.6) is 0 Å². The summed E-state index contributed by atoms with van der Waals surface area (Å²) in [6.45, 7) is 6.65. The van der Waals surface area contributed by atoms with E-state index in [0.717, 1.165) is 22.2 Å². The highest BCUT2D eigenvalue weighted by Gasteiger charge is 2.33. The zero-order valence-corrected chi connectivity index (χ0v) is 20.7. The number of benzene rings is 2. The lowest BCUT2D eigenvalue weighted by Crippen LogP contribution is -2.50. The van der Waals surface area contributed by atoms with E-state index in [0.29, 0.717) is 11.2 Å². The first-order chi connectivity index (χ1) is 16.8. The molecule has 10 heteroatoms. The highest BCUT2D eigenvalue weighted by Crippen LogP contribution is 2.26. The van der Waals surface area contributed by atoms with Crippen LogP contribution in [0.4, 0.5) is 0 Å². The summed E-state index contributed by atoms with van der Waals surface area (Å²) in [5, 5.41) is 9.10. The maximum absolute atomic E-state index is 13.4. The Labute approximate surface area is 204 Å².